The lowest BCUT2D eigenvalue weighted by Crippen LogP contribution is -2.30. The Morgan fingerprint density at radius 1 is 1.09 bits per heavy atom. The largest absolute Gasteiger partial charge is 0.385 e. The Balaban J connectivity index is 1.61. The molecule has 2 unspecified atom stereocenters. The lowest BCUT2D eigenvalue weighted by molar-refractivity contribution is 0.477. The predicted octanol–water partition coefficient (Wildman–Crippen LogP) is 4.33. The average Bonchev–Trinajstić information content (AvgIpc) is 2.55. The Morgan fingerprint density at radius 2 is 1.91 bits per heavy atom. The number of hydrogen-bond donors (Lipinski definition) is 2. The van der Waals surface area contributed by atoms with Gasteiger partial charge >= 0.3 is 0 Å². The molecule has 2 aromatic carbocycles. The Labute approximate surface area is 134 Å². The molecular weight excluding hydrogens is 268 g/mol. The minimum absolute atomic E-state index is 0.385. The zero-order chi connectivity index (χ0) is 15.4. The lowest BCUT2D eigenvalue weighted by atomic mass is 9.97. The summed E-state index contributed by atoms with van der Waals surface area (Å²) >= 11 is 0. The highest BCUT2D eigenvalue weighted by atomic mass is 14.9. The van der Waals surface area contributed by atoms with E-state index in [9.17, 15) is 0 Å². The van der Waals surface area contributed by atoms with Crippen molar-refractivity contribution in [1.29, 1.82) is 0 Å². The summed E-state index contributed by atoms with van der Waals surface area (Å²) in [5.74, 6) is 0. The molecule has 0 aromatic heterocycles. The molecule has 22 heavy (non-hydrogen) atoms. The van der Waals surface area contributed by atoms with E-state index < -0.39 is 0 Å². The first-order valence-electron chi connectivity index (χ1n) is 8.39. The summed E-state index contributed by atoms with van der Waals surface area (Å²) in [7, 11) is 0. The van der Waals surface area contributed by atoms with Gasteiger partial charge in [-0.3, -0.25) is 0 Å². The molecule has 3 rings (SSSR count). The van der Waals surface area contributed by atoms with Crippen molar-refractivity contribution >= 4 is 5.69 Å². The molecule has 1 aliphatic rings. The van der Waals surface area contributed by atoms with Crippen molar-refractivity contribution in [3.8, 4) is 0 Å². The highest BCUT2D eigenvalue weighted by Crippen LogP contribution is 2.23. The number of fused-ring (bicyclic) bond motifs is 1. The fourth-order valence-corrected chi connectivity index (χ4v) is 3.33. The SMILES string of the molecule is CC(Cc1ccc2c(c1)CCCN2)NC(C)c1ccccc1. The Morgan fingerprint density at radius 3 is 2.73 bits per heavy atom. The number of anilines is 1. The van der Waals surface area contributed by atoms with E-state index in [2.05, 4.69) is 73.0 Å². The topological polar surface area (TPSA) is 24.1 Å². The lowest BCUT2D eigenvalue weighted by Gasteiger charge is -2.22. The monoisotopic (exact) mass is 294 g/mol. The first-order chi connectivity index (χ1) is 10.7. The van der Waals surface area contributed by atoms with Crippen molar-refractivity contribution in [2.75, 3.05) is 11.9 Å². The Bertz CT molecular complexity index is 606. The predicted molar refractivity (Wildman–Crippen MR) is 94.4 cm³/mol. The first-order valence-corrected chi connectivity index (χ1v) is 8.39. The molecule has 0 saturated carbocycles. The summed E-state index contributed by atoms with van der Waals surface area (Å²) < 4.78 is 0. The van der Waals surface area contributed by atoms with Gasteiger partial charge in [0.2, 0.25) is 0 Å². The standard InChI is InChI=1S/C20H26N2/c1-15(22-16(2)18-7-4-3-5-8-18)13-17-10-11-20-19(14-17)9-6-12-21-20/h3-5,7-8,10-11,14-16,21-22H,6,9,12-13H2,1-2H3. The third-order valence-electron chi connectivity index (χ3n) is 4.48. The van der Waals surface area contributed by atoms with Gasteiger partial charge in [-0.2, -0.15) is 0 Å². The summed E-state index contributed by atoms with van der Waals surface area (Å²) in [4.78, 5) is 0. The zero-order valence-corrected chi connectivity index (χ0v) is 13.6. The van der Waals surface area contributed by atoms with Crippen molar-refractivity contribution in [3.05, 3.63) is 65.2 Å². The van der Waals surface area contributed by atoms with E-state index in [1.54, 1.807) is 0 Å². The molecule has 2 atom stereocenters. The molecular formula is C20H26N2. The van der Waals surface area contributed by atoms with Gasteiger partial charge < -0.3 is 10.6 Å². The van der Waals surface area contributed by atoms with Crippen molar-refractivity contribution in [2.45, 2.75) is 45.2 Å². The summed E-state index contributed by atoms with van der Waals surface area (Å²) in [6.45, 7) is 5.62. The van der Waals surface area contributed by atoms with E-state index >= 15 is 0 Å². The second-order valence-electron chi connectivity index (χ2n) is 6.43. The summed E-state index contributed by atoms with van der Waals surface area (Å²) in [6.07, 6.45) is 3.53. The van der Waals surface area contributed by atoms with Crippen LogP contribution in [0.3, 0.4) is 0 Å². The van der Waals surface area contributed by atoms with Crippen molar-refractivity contribution in [3.63, 3.8) is 0 Å². The van der Waals surface area contributed by atoms with Crippen LogP contribution < -0.4 is 10.6 Å². The minimum Gasteiger partial charge on any atom is -0.385 e. The van der Waals surface area contributed by atoms with Crippen molar-refractivity contribution < 1.29 is 0 Å². The molecule has 0 saturated heterocycles. The van der Waals surface area contributed by atoms with Gasteiger partial charge in [-0.1, -0.05) is 42.5 Å². The smallest absolute Gasteiger partial charge is 0.0372 e. The number of aryl methyl sites for hydroxylation is 1. The van der Waals surface area contributed by atoms with Crippen LogP contribution in [0.25, 0.3) is 0 Å². The Hall–Kier alpha value is -1.80. The van der Waals surface area contributed by atoms with Crippen LogP contribution >= 0.6 is 0 Å². The summed E-state index contributed by atoms with van der Waals surface area (Å²) in [6, 6.07) is 18.4. The fraction of sp³-hybridized carbons (Fsp3) is 0.400. The van der Waals surface area contributed by atoms with Gasteiger partial charge in [-0.25, -0.2) is 0 Å². The van der Waals surface area contributed by atoms with Crippen LogP contribution in [0.5, 0.6) is 0 Å². The van der Waals surface area contributed by atoms with Crippen LogP contribution in [0.2, 0.25) is 0 Å². The molecule has 1 aliphatic heterocycles. The van der Waals surface area contributed by atoms with Crippen LogP contribution in [0.4, 0.5) is 5.69 Å². The molecule has 0 radical (unpaired) electrons. The highest BCUT2D eigenvalue weighted by Gasteiger charge is 2.12. The molecule has 0 spiro atoms. The second-order valence-corrected chi connectivity index (χ2v) is 6.43. The van der Waals surface area contributed by atoms with Crippen LogP contribution in [0.15, 0.2) is 48.5 Å². The van der Waals surface area contributed by atoms with Crippen LogP contribution in [-0.2, 0) is 12.8 Å². The molecule has 0 aliphatic carbocycles. The second kappa shape index (κ2) is 6.97. The number of nitrogens with one attached hydrogen (secondary N) is 2. The van der Waals surface area contributed by atoms with E-state index in [4.69, 9.17) is 0 Å². The Kier molecular flexibility index (Phi) is 4.79. The molecule has 0 amide bonds. The molecule has 2 N–H and O–H groups in total. The van der Waals surface area contributed by atoms with Gasteiger partial charge in [0.25, 0.3) is 0 Å². The van der Waals surface area contributed by atoms with Crippen molar-refractivity contribution in [2.24, 2.45) is 0 Å². The van der Waals surface area contributed by atoms with Crippen LogP contribution in [-0.4, -0.2) is 12.6 Å². The summed E-state index contributed by atoms with van der Waals surface area (Å²) in [5.41, 5.74) is 5.59. The average molecular weight is 294 g/mol. The van der Waals surface area contributed by atoms with E-state index in [0.29, 0.717) is 12.1 Å². The highest BCUT2D eigenvalue weighted by molar-refractivity contribution is 5.54. The molecule has 0 bridgehead atoms. The fourth-order valence-electron chi connectivity index (χ4n) is 3.33. The minimum atomic E-state index is 0.385. The number of hydrogen-bond acceptors (Lipinski definition) is 2. The van der Waals surface area contributed by atoms with Crippen LogP contribution in [0.1, 0.15) is 43.0 Å². The summed E-state index contributed by atoms with van der Waals surface area (Å²) in [5, 5.41) is 7.19. The van der Waals surface area contributed by atoms with Gasteiger partial charge in [-0.15, -0.1) is 0 Å². The van der Waals surface area contributed by atoms with E-state index in [1.807, 2.05) is 0 Å². The molecule has 2 aromatic rings. The van der Waals surface area contributed by atoms with Crippen LogP contribution in [0, 0.1) is 0 Å². The number of rotatable bonds is 5. The quantitative estimate of drug-likeness (QED) is 0.858. The molecule has 116 valence electrons. The van der Waals surface area contributed by atoms with Gasteiger partial charge in [0.15, 0.2) is 0 Å². The van der Waals surface area contributed by atoms with E-state index in [0.717, 1.165) is 13.0 Å². The normalized spacial score (nSPS) is 16.5. The number of benzene rings is 2. The zero-order valence-electron chi connectivity index (χ0n) is 13.6. The van der Waals surface area contributed by atoms with Gasteiger partial charge in [-0.05, 0) is 55.9 Å². The van der Waals surface area contributed by atoms with Gasteiger partial charge in [0, 0.05) is 24.3 Å². The maximum atomic E-state index is 3.71. The molecule has 2 heteroatoms. The molecule has 1 heterocycles. The van der Waals surface area contributed by atoms with Crippen molar-refractivity contribution in [1.82, 2.24) is 5.32 Å². The van der Waals surface area contributed by atoms with Gasteiger partial charge in [0.05, 0.1) is 0 Å². The maximum Gasteiger partial charge on any atom is 0.0372 e. The first kappa shape index (κ1) is 15.1. The maximum absolute atomic E-state index is 3.71. The van der Waals surface area contributed by atoms with E-state index in [-0.39, 0.29) is 0 Å². The third-order valence-corrected chi connectivity index (χ3v) is 4.48. The molecule has 0 fully saturated rings. The van der Waals surface area contributed by atoms with Gasteiger partial charge in [0.1, 0.15) is 0 Å². The third kappa shape index (κ3) is 3.69. The van der Waals surface area contributed by atoms with E-state index in [1.165, 1.54) is 35.2 Å². The molecule has 2 nitrogen and oxygen atoms in total.